The van der Waals surface area contributed by atoms with Gasteiger partial charge in [-0.25, -0.2) is 4.79 Å². The summed E-state index contributed by atoms with van der Waals surface area (Å²) in [5.41, 5.74) is 3.40. The molecule has 0 aromatic heterocycles. The molecule has 3 aliphatic heterocycles. The van der Waals surface area contributed by atoms with E-state index in [9.17, 15) is 9.59 Å². The van der Waals surface area contributed by atoms with Crippen molar-refractivity contribution >= 4 is 12.0 Å². The molecule has 0 aliphatic carbocycles. The topological polar surface area (TPSA) is 58.6 Å². The molecular formula is C22H22N2O3. The quantitative estimate of drug-likeness (QED) is 0.772. The number of hydrogen-bond donors (Lipinski definition) is 1. The number of amides is 2. The second-order valence-electron chi connectivity index (χ2n) is 8.52. The molecule has 1 saturated heterocycles. The molecule has 2 aromatic carbocycles. The first-order chi connectivity index (χ1) is 12.9. The maximum Gasteiger partial charge on any atom is 0.411 e. The van der Waals surface area contributed by atoms with Crippen molar-refractivity contribution in [3.8, 4) is 0 Å². The number of carbonyl (C=O) groups excluding carboxylic acids is 2. The van der Waals surface area contributed by atoms with Crippen molar-refractivity contribution < 1.29 is 14.3 Å². The van der Waals surface area contributed by atoms with E-state index in [-0.39, 0.29) is 36.0 Å². The average Bonchev–Trinajstić information content (AvgIpc) is 3.13. The summed E-state index contributed by atoms with van der Waals surface area (Å²) in [6, 6.07) is 15.4. The van der Waals surface area contributed by atoms with Crippen molar-refractivity contribution in [1.82, 2.24) is 10.2 Å². The van der Waals surface area contributed by atoms with Crippen molar-refractivity contribution in [3.05, 3.63) is 70.8 Å². The third kappa shape index (κ3) is 2.24. The lowest BCUT2D eigenvalue weighted by atomic mass is 9.73. The smallest absolute Gasteiger partial charge is 0.411 e. The van der Waals surface area contributed by atoms with Crippen LogP contribution in [0.25, 0.3) is 0 Å². The van der Waals surface area contributed by atoms with Gasteiger partial charge < -0.3 is 10.1 Å². The van der Waals surface area contributed by atoms with Crippen LogP contribution in [0.1, 0.15) is 65.8 Å². The van der Waals surface area contributed by atoms with E-state index in [0.29, 0.717) is 5.56 Å². The molecule has 5 nitrogen and oxygen atoms in total. The van der Waals surface area contributed by atoms with Crippen LogP contribution >= 0.6 is 0 Å². The van der Waals surface area contributed by atoms with Gasteiger partial charge in [-0.3, -0.25) is 9.69 Å². The van der Waals surface area contributed by atoms with Gasteiger partial charge in [0.05, 0.1) is 18.1 Å². The van der Waals surface area contributed by atoms with Gasteiger partial charge in [-0.1, -0.05) is 42.5 Å². The van der Waals surface area contributed by atoms with Gasteiger partial charge in [0.2, 0.25) is 0 Å². The van der Waals surface area contributed by atoms with Crippen LogP contribution in [0.15, 0.2) is 48.5 Å². The summed E-state index contributed by atoms with van der Waals surface area (Å²) in [6.07, 6.45) is -0.324. The third-order valence-corrected chi connectivity index (χ3v) is 5.77. The Morgan fingerprint density at radius 2 is 1.56 bits per heavy atom. The van der Waals surface area contributed by atoms with Crippen LogP contribution in [0.3, 0.4) is 0 Å². The molecule has 2 bridgehead atoms. The normalized spacial score (nSPS) is 27.5. The molecule has 5 rings (SSSR count). The zero-order valence-corrected chi connectivity index (χ0v) is 15.6. The Labute approximate surface area is 158 Å². The van der Waals surface area contributed by atoms with E-state index in [1.54, 1.807) is 0 Å². The maximum absolute atomic E-state index is 13.1. The highest BCUT2D eigenvalue weighted by atomic mass is 16.6. The first-order valence-corrected chi connectivity index (χ1v) is 9.37. The lowest BCUT2D eigenvalue weighted by Crippen LogP contribution is -2.47. The zero-order valence-electron chi connectivity index (χ0n) is 15.6. The number of fused-ring (bicyclic) bond motifs is 10. The molecule has 138 valence electrons. The Balaban J connectivity index is 1.66. The number of nitrogens with zero attached hydrogens (tertiary/aromatic N) is 1. The van der Waals surface area contributed by atoms with Gasteiger partial charge in [-0.15, -0.1) is 0 Å². The van der Waals surface area contributed by atoms with E-state index >= 15 is 0 Å². The van der Waals surface area contributed by atoms with Crippen molar-refractivity contribution in [2.24, 2.45) is 0 Å². The molecule has 2 amide bonds. The Morgan fingerprint density at radius 3 is 2.22 bits per heavy atom. The SMILES string of the molecule is CC(C)(C)OC(=O)N1[C@@H]2c3ccccc3[C@H]1C1NC(=O)c3ccccc3C12. The van der Waals surface area contributed by atoms with E-state index in [0.717, 1.165) is 16.7 Å². The lowest BCUT2D eigenvalue weighted by Gasteiger charge is -2.35. The molecule has 1 N–H and O–H groups in total. The average molecular weight is 362 g/mol. The van der Waals surface area contributed by atoms with Crippen LogP contribution < -0.4 is 5.32 Å². The van der Waals surface area contributed by atoms with Crippen LogP contribution in [-0.4, -0.2) is 28.5 Å². The molecule has 3 aliphatic rings. The predicted molar refractivity (Wildman–Crippen MR) is 100 cm³/mol. The second-order valence-corrected chi connectivity index (χ2v) is 8.52. The van der Waals surface area contributed by atoms with Crippen molar-refractivity contribution in [1.29, 1.82) is 0 Å². The van der Waals surface area contributed by atoms with Gasteiger partial charge in [-0.05, 0) is 43.5 Å². The van der Waals surface area contributed by atoms with Gasteiger partial charge in [-0.2, -0.15) is 0 Å². The minimum absolute atomic E-state index is 0.0336. The van der Waals surface area contributed by atoms with Crippen molar-refractivity contribution in [2.45, 2.75) is 50.4 Å². The van der Waals surface area contributed by atoms with Crippen LogP contribution in [0.2, 0.25) is 0 Å². The Morgan fingerprint density at radius 1 is 0.963 bits per heavy atom. The molecule has 5 heteroatoms. The van der Waals surface area contributed by atoms with Crippen molar-refractivity contribution in [2.75, 3.05) is 0 Å². The molecule has 0 saturated carbocycles. The van der Waals surface area contributed by atoms with E-state index in [1.165, 1.54) is 0 Å². The molecule has 27 heavy (non-hydrogen) atoms. The molecule has 2 unspecified atom stereocenters. The lowest BCUT2D eigenvalue weighted by molar-refractivity contribution is 0.0165. The van der Waals surface area contributed by atoms with Crippen LogP contribution in [0.5, 0.6) is 0 Å². The first-order valence-electron chi connectivity index (χ1n) is 9.37. The van der Waals surface area contributed by atoms with E-state index in [1.807, 2.05) is 62.1 Å². The highest BCUT2D eigenvalue weighted by Gasteiger charge is 2.61. The minimum atomic E-state index is -0.572. The Hall–Kier alpha value is -2.82. The van der Waals surface area contributed by atoms with E-state index in [2.05, 4.69) is 17.4 Å². The first kappa shape index (κ1) is 16.4. The molecular weight excluding hydrogens is 340 g/mol. The highest BCUT2D eigenvalue weighted by Crippen LogP contribution is 2.61. The van der Waals surface area contributed by atoms with Crippen LogP contribution in [0, 0.1) is 0 Å². The molecule has 2 aromatic rings. The van der Waals surface area contributed by atoms with E-state index in [4.69, 9.17) is 4.74 Å². The highest BCUT2D eigenvalue weighted by molar-refractivity contribution is 5.98. The number of rotatable bonds is 0. The van der Waals surface area contributed by atoms with Gasteiger partial charge >= 0.3 is 6.09 Å². The summed E-state index contributed by atoms with van der Waals surface area (Å²) in [7, 11) is 0. The van der Waals surface area contributed by atoms with Crippen molar-refractivity contribution in [3.63, 3.8) is 0 Å². The number of carbonyl (C=O) groups is 2. The predicted octanol–water partition coefficient (Wildman–Crippen LogP) is 3.93. The zero-order chi connectivity index (χ0) is 18.9. The van der Waals surface area contributed by atoms with Crippen LogP contribution in [0.4, 0.5) is 4.79 Å². The largest absolute Gasteiger partial charge is 0.444 e. The summed E-state index contributed by atoms with van der Waals surface area (Å²) in [5, 5.41) is 3.17. The monoisotopic (exact) mass is 362 g/mol. The molecule has 3 heterocycles. The fourth-order valence-electron chi connectivity index (χ4n) is 4.95. The summed E-state index contributed by atoms with van der Waals surface area (Å²) in [6.45, 7) is 5.63. The number of benzene rings is 2. The number of nitrogens with one attached hydrogen (secondary N) is 1. The summed E-state index contributed by atoms with van der Waals surface area (Å²) in [5.74, 6) is -0.0349. The Kier molecular flexibility index (Phi) is 3.24. The Bertz CT molecular complexity index is 962. The maximum atomic E-state index is 13.1. The fraction of sp³-hybridized carbons (Fsp3) is 0.364. The molecule has 0 spiro atoms. The number of ether oxygens (including phenoxy) is 1. The molecule has 4 atom stereocenters. The summed E-state index contributed by atoms with van der Waals surface area (Å²) < 4.78 is 5.73. The number of hydrogen-bond acceptors (Lipinski definition) is 3. The van der Waals surface area contributed by atoms with Gasteiger partial charge in [0.25, 0.3) is 5.91 Å². The third-order valence-electron chi connectivity index (χ3n) is 5.77. The van der Waals surface area contributed by atoms with Crippen LogP contribution in [-0.2, 0) is 4.74 Å². The second kappa shape index (κ2) is 5.35. The minimum Gasteiger partial charge on any atom is -0.444 e. The molecule has 0 radical (unpaired) electrons. The molecule has 1 fully saturated rings. The summed E-state index contributed by atoms with van der Waals surface area (Å²) >= 11 is 0. The van der Waals surface area contributed by atoms with Gasteiger partial charge in [0, 0.05) is 11.5 Å². The fourth-order valence-corrected chi connectivity index (χ4v) is 4.95. The van der Waals surface area contributed by atoms with E-state index < -0.39 is 5.60 Å². The summed E-state index contributed by atoms with van der Waals surface area (Å²) in [4.78, 5) is 27.6. The standard InChI is InChI=1S/C22H22N2O3/c1-22(2,3)27-21(26)24-18-13-9-5-6-10-14(13)19(24)17-16(18)12-8-4-7-11-15(12)20(25)23-17/h4-11,16-19H,1-3H3,(H,23,25)/t16?,17?,18-,19+/m1/s1. The van der Waals surface area contributed by atoms with Gasteiger partial charge in [0.15, 0.2) is 0 Å². The van der Waals surface area contributed by atoms with Gasteiger partial charge in [0.1, 0.15) is 5.60 Å².